The molecule has 0 saturated carbocycles. The van der Waals surface area contributed by atoms with E-state index < -0.39 is 17.7 Å². The highest BCUT2D eigenvalue weighted by atomic mass is 16.5. The first-order valence-electron chi connectivity index (χ1n) is 10.6. The minimum Gasteiger partial charge on any atom is -0.481 e. The molecule has 1 atom stereocenters. The molecule has 0 aliphatic heterocycles. The van der Waals surface area contributed by atoms with Crippen LogP contribution in [-0.4, -0.2) is 54.0 Å². The number of nitrogen functional groups attached to an aromatic ring is 1. The lowest BCUT2D eigenvalue weighted by molar-refractivity contribution is -0.134. The summed E-state index contributed by atoms with van der Waals surface area (Å²) in [4.78, 5) is 28.7. The molecule has 4 rings (SSSR count). The van der Waals surface area contributed by atoms with Crippen molar-refractivity contribution in [2.24, 2.45) is 5.73 Å². The number of ether oxygens (including phenoxy) is 1. The van der Waals surface area contributed by atoms with Crippen molar-refractivity contribution in [3.8, 4) is 11.7 Å². The highest BCUT2D eigenvalue weighted by Gasteiger charge is 2.22. The van der Waals surface area contributed by atoms with Gasteiger partial charge < -0.3 is 20.9 Å². The van der Waals surface area contributed by atoms with Crippen LogP contribution in [-0.2, 0) is 4.79 Å². The summed E-state index contributed by atoms with van der Waals surface area (Å²) in [5, 5.41) is 30.6. The van der Waals surface area contributed by atoms with Crippen LogP contribution in [0.2, 0.25) is 0 Å². The number of hydrogen-bond acceptors (Lipinski definition) is 9. The number of hydrogen-bond donors (Lipinski definition) is 5. The summed E-state index contributed by atoms with van der Waals surface area (Å²) < 4.78 is 6.47. The molecule has 13 nitrogen and oxygen atoms in total. The number of aryl methyl sites for hydroxylation is 1. The smallest absolute Gasteiger partial charge is 0.349 e. The maximum absolute atomic E-state index is 12.6. The maximum atomic E-state index is 12.6. The lowest BCUT2D eigenvalue weighted by Crippen LogP contribution is -2.17. The zero-order valence-corrected chi connectivity index (χ0v) is 19.8. The van der Waals surface area contributed by atoms with Crippen LogP contribution in [0.3, 0.4) is 0 Å². The molecule has 6 N–H and O–H groups in total. The van der Waals surface area contributed by atoms with Crippen molar-refractivity contribution in [1.82, 2.24) is 29.9 Å². The van der Waals surface area contributed by atoms with E-state index in [1.54, 1.807) is 49.6 Å². The van der Waals surface area contributed by atoms with Crippen molar-refractivity contribution in [2.75, 3.05) is 12.4 Å². The van der Waals surface area contributed by atoms with E-state index in [2.05, 4.69) is 30.6 Å². The number of aromatic amines is 1. The molecule has 3 heterocycles. The van der Waals surface area contributed by atoms with E-state index >= 15 is 0 Å². The molecule has 0 fully saturated rings. The standard InChI is InChI=1S/C21H21N9O2.C2H4O2/c1-12-10-14(11-17(25-12)32-2)18(26-15-7-5-13(6-8-15)19(22)23)20-27-21(31)30(29-20)16-4-3-9-24-28-16;1-2(3)4/h3-11,18,26H,1-2H3,(H3,22,23)(H,27,29,31);1H3,(H,3,4)/t18-;/m0./s1. The number of pyridine rings is 1. The molecular formula is C23H25N9O4. The van der Waals surface area contributed by atoms with Gasteiger partial charge in [0.05, 0.1) is 7.11 Å². The summed E-state index contributed by atoms with van der Waals surface area (Å²) in [5.74, 6) is 0.251. The largest absolute Gasteiger partial charge is 0.481 e. The van der Waals surface area contributed by atoms with Gasteiger partial charge in [-0.25, -0.2) is 9.78 Å². The number of nitrogens with one attached hydrogen (secondary N) is 3. The first kappa shape index (κ1) is 25.6. The Labute approximate surface area is 205 Å². The molecule has 36 heavy (non-hydrogen) atoms. The third-order valence-electron chi connectivity index (χ3n) is 4.69. The van der Waals surface area contributed by atoms with Gasteiger partial charge in [-0.05, 0) is 55.0 Å². The third kappa shape index (κ3) is 6.50. The second-order valence-corrected chi connectivity index (χ2v) is 7.48. The molecular weight excluding hydrogens is 466 g/mol. The van der Waals surface area contributed by atoms with Crippen molar-refractivity contribution in [2.45, 2.75) is 19.9 Å². The van der Waals surface area contributed by atoms with E-state index in [1.165, 1.54) is 6.20 Å². The topological polar surface area (TPSA) is 198 Å². The Morgan fingerprint density at radius 3 is 2.53 bits per heavy atom. The number of aliphatic carboxylic acids is 1. The number of methoxy groups -OCH3 is 1. The molecule has 0 saturated heterocycles. The van der Waals surface area contributed by atoms with Crippen LogP contribution in [0, 0.1) is 12.3 Å². The minimum atomic E-state index is -0.833. The number of nitrogens with zero attached hydrogens (tertiary/aromatic N) is 5. The molecule has 0 radical (unpaired) electrons. The second-order valence-electron chi connectivity index (χ2n) is 7.48. The SMILES string of the molecule is CC(=O)O.COc1cc([C@H](Nc2ccc(C(=N)N)cc2)c2nn(-c3cccnn3)c(=O)[nH]2)cc(C)n1. The molecule has 0 amide bonds. The molecule has 3 aromatic heterocycles. The van der Waals surface area contributed by atoms with Crippen LogP contribution in [0.4, 0.5) is 5.69 Å². The number of aromatic nitrogens is 6. The van der Waals surface area contributed by atoms with Gasteiger partial charge >= 0.3 is 5.69 Å². The summed E-state index contributed by atoms with van der Waals surface area (Å²) in [6, 6.07) is 13.5. The van der Waals surface area contributed by atoms with Crippen molar-refractivity contribution >= 4 is 17.5 Å². The third-order valence-corrected chi connectivity index (χ3v) is 4.69. The number of carbonyl (C=O) groups is 1. The van der Waals surface area contributed by atoms with Crippen LogP contribution in [0.25, 0.3) is 5.82 Å². The van der Waals surface area contributed by atoms with E-state index in [0.29, 0.717) is 23.1 Å². The predicted molar refractivity (Wildman–Crippen MR) is 132 cm³/mol. The van der Waals surface area contributed by atoms with Crippen LogP contribution in [0.15, 0.2) is 59.5 Å². The monoisotopic (exact) mass is 491 g/mol. The Kier molecular flexibility index (Phi) is 8.07. The lowest BCUT2D eigenvalue weighted by atomic mass is 10.1. The predicted octanol–water partition coefficient (Wildman–Crippen LogP) is 1.64. The van der Waals surface area contributed by atoms with Crippen molar-refractivity contribution < 1.29 is 14.6 Å². The van der Waals surface area contributed by atoms with Gasteiger partial charge in [-0.15, -0.1) is 10.2 Å². The average Bonchev–Trinajstić information content (AvgIpc) is 3.23. The van der Waals surface area contributed by atoms with Crippen molar-refractivity contribution in [3.05, 3.63) is 87.9 Å². The van der Waals surface area contributed by atoms with E-state index in [4.69, 9.17) is 25.8 Å². The fourth-order valence-electron chi connectivity index (χ4n) is 3.19. The van der Waals surface area contributed by atoms with Gasteiger partial charge in [-0.3, -0.25) is 15.2 Å². The Bertz CT molecular complexity index is 1400. The molecule has 1 aromatic carbocycles. The molecule has 0 spiro atoms. The first-order valence-corrected chi connectivity index (χ1v) is 10.6. The van der Waals surface area contributed by atoms with Crippen LogP contribution in [0.1, 0.15) is 35.6 Å². The van der Waals surface area contributed by atoms with E-state index in [-0.39, 0.29) is 5.84 Å². The Hall–Kier alpha value is -5.07. The summed E-state index contributed by atoms with van der Waals surface area (Å²) >= 11 is 0. The van der Waals surface area contributed by atoms with Gasteiger partial charge in [-0.2, -0.15) is 9.78 Å². The lowest BCUT2D eigenvalue weighted by Gasteiger charge is -2.19. The van der Waals surface area contributed by atoms with Crippen LogP contribution in [0.5, 0.6) is 5.88 Å². The quantitative estimate of drug-likeness (QED) is 0.187. The molecule has 4 aromatic rings. The van der Waals surface area contributed by atoms with E-state index in [9.17, 15) is 4.79 Å². The van der Waals surface area contributed by atoms with Gasteiger partial charge in [0.15, 0.2) is 11.6 Å². The Morgan fingerprint density at radius 2 is 1.94 bits per heavy atom. The second kappa shape index (κ2) is 11.4. The zero-order valence-electron chi connectivity index (χ0n) is 19.8. The fourth-order valence-corrected chi connectivity index (χ4v) is 3.19. The van der Waals surface area contributed by atoms with Gasteiger partial charge in [0.2, 0.25) is 5.88 Å². The highest BCUT2D eigenvalue weighted by molar-refractivity contribution is 5.95. The molecule has 0 aliphatic carbocycles. The number of nitrogens with two attached hydrogens (primary N) is 1. The van der Waals surface area contributed by atoms with Gasteiger partial charge in [0, 0.05) is 36.1 Å². The van der Waals surface area contributed by atoms with E-state index in [1.807, 2.05) is 13.0 Å². The molecule has 186 valence electrons. The number of amidine groups is 1. The number of H-pyrrole nitrogens is 1. The van der Waals surface area contributed by atoms with Crippen molar-refractivity contribution in [3.63, 3.8) is 0 Å². The molecule has 0 aliphatic rings. The molecule has 0 unspecified atom stereocenters. The van der Waals surface area contributed by atoms with Crippen molar-refractivity contribution in [1.29, 1.82) is 5.41 Å². The fraction of sp³-hybridized carbons (Fsp3) is 0.174. The zero-order chi connectivity index (χ0) is 26.2. The Morgan fingerprint density at radius 1 is 1.25 bits per heavy atom. The number of carboxylic acids is 1. The molecule has 0 bridgehead atoms. The van der Waals surface area contributed by atoms with Crippen LogP contribution >= 0.6 is 0 Å². The normalized spacial score (nSPS) is 11.1. The van der Waals surface area contributed by atoms with Crippen LogP contribution < -0.4 is 21.5 Å². The van der Waals surface area contributed by atoms with Gasteiger partial charge in [0.1, 0.15) is 11.9 Å². The number of anilines is 1. The molecule has 13 heteroatoms. The van der Waals surface area contributed by atoms with Gasteiger partial charge in [-0.1, -0.05) is 0 Å². The number of benzene rings is 1. The summed E-state index contributed by atoms with van der Waals surface area (Å²) in [6.45, 7) is 2.94. The van der Waals surface area contributed by atoms with E-state index in [0.717, 1.165) is 28.6 Å². The highest BCUT2D eigenvalue weighted by Crippen LogP contribution is 2.27. The maximum Gasteiger partial charge on any atom is 0.349 e. The number of carboxylic acid groups (broad SMARTS) is 1. The number of rotatable bonds is 7. The first-order chi connectivity index (χ1) is 17.2. The van der Waals surface area contributed by atoms with Gasteiger partial charge in [0.25, 0.3) is 5.97 Å². The Balaban J connectivity index is 0.000000840. The average molecular weight is 492 g/mol. The summed E-state index contributed by atoms with van der Waals surface area (Å²) in [7, 11) is 1.54. The minimum absolute atomic E-state index is 0.0189. The summed E-state index contributed by atoms with van der Waals surface area (Å²) in [6.07, 6.45) is 1.52. The summed E-state index contributed by atoms with van der Waals surface area (Å²) in [5.41, 5.74) is 7.97.